The van der Waals surface area contributed by atoms with Crippen LogP contribution in [0.25, 0.3) is 0 Å². The van der Waals surface area contributed by atoms with Gasteiger partial charge in [-0.2, -0.15) is 0 Å². The van der Waals surface area contributed by atoms with Crippen LogP contribution in [0.2, 0.25) is 0 Å². The Hall–Kier alpha value is 0.645. The summed E-state index contributed by atoms with van der Waals surface area (Å²) >= 11 is 0. The van der Waals surface area contributed by atoms with Crippen LogP contribution in [-0.2, 0) is 13.6 Å². The molecule has 0 aromatic rings. The van der Waals surface area contributed by atoms with Crippen molar-refractivity contribution in [1.82, 2.24) is 0 Å². The molecule has 0 aromatic heterocycles. The molecule has 0 saturated carbocycles. The van der Waals surface area contributed by atoms with Gasteiger partial charge in [0.25, 0.3) is 0 Å². The third-order valence-corrected chi connectivity index (χ3v) is 11.2. The maximum atomic E-state index is 12.6. The average Bonchev–Trinajstić information content (AvgIpc) is 2.27. The van der Waals surface area contributed by atoms with Crippen LogP contribution in [0.1, 0.15) is 34.6 Å². The van der Waals surface area contributed by atoms with E-state index in [-0.39, 0.29) is 5.40 Å². The van der Waals surface area contributed by atoms with Gasteiger partial charge in [0.1, 0.15) is 0 Å². The topological polar surface area (TPSA) is 35.5 Å². The normalized spacial score (nSPS) is 15.1. The van der Waals surface area contributed by atoms with Crippen LogP contribution >= 0.6 is 14.7 Å². The van der Waals surface area contributed by atoms with E-state index in [1.807, 2.05) is 20.8 Å². The fourth-order valence-corrected chi connectivity index (χ4v) is 8.01. The minimum Gasteiger partial charge on any atom is -0.306 e. The molecule has 94 valence electrons. The van der Waals surface area contributed by atoms with Gasteiger partial charge in [-0.05, 0) is 41.8 Å². The van der Waals surface area contributed by atoms with Crippen molar-refractivity contribution in [1.29, 1.82) is 0 Å². The molecule has 1 atom stereocenters. The Morgan fingerprint density at radius 3 is 1.75 bits per heavy atom. The standard InChI is InChI=1S/C10H24BO3P2/c1-6-13-16(12,14-7-2)10(5)15(11,8-3)9-4/h10H,6-9H2,1-5H3/q+1. The van der Waals surface area contributed by atoms with Crippen molar-refractivity contribution in [3.05, 3.63) is 0 Å². The zero-order valence-corrected chi connectivity index (χ0v) is 12.9. The Balaban J connectivity index is 4.99. The average molecular weight is 265 g/mol. The highest BCUT2D eigenvalue weighted by Crippen LogP contribution is 2.72. The summed E-state index contributed by atoms with van der Waals surface area (Å²) in [5.74, 6) is 0. The van der Waals surface area contributed by atoms with Crippen molar-refractivity contribution in [3.8, 4) is 0 Å². The van der Waals surface area contributed by atoms with Crippen molar-refractivity contribution >= 4 is 22.3 Å². The SMILES string of the molecule is [B][P+](CC)(CC)C(C)P(=O)(OCC)OCC. The molecular weight excluding hydrogens is 241 g/mol. The molecule has 0 aliphatic heterocycles. The van der Waals surface area contributed by atoms with Gasteiger partial charge >= 0.3 is 15.2 Å². The smallest absolute Gasteiger partial charge is 0.306 e. The Kier molecular flexibility index (Phi) is 7.45. The molecule has 0 aliphatic carbocycles. The summed E-state index contributed by atoms with van der Waals surface area (Å²) in [6.07, 6.45) is 1.74. The molecular formula is C10H24BO3P2+. The summed E-state index contributed by atoms with van der Waals surface area (Å²) in [5.41, 5.74) is 0. The zero-order valence-electron chi connectivity index (χ0n) is 11.1. The lowest BCUT2D eigenvalue weighted by atomic mass is 10.7. The van der Waals surface area contributed by atoms with Crippen LogP contribution in [0.15, 0.2) is 0 Å². The Morgan fingerprint density at radius 1 is 1.12 bits per heavy atom. The van der Waals surface area contributed by atoms with E-state index in [2.05, 4.69) is 13.8 Å². The molecule has 0 saturated heterocycles. The molecule has 0 fully saturated rings. The van der Waals surface area contributed by atoms with Gasteiger partial charge in [0, 0.05) is 12.3 Å². The van der Waals surface area contributed by atoms with Crippen LogP contribution in [-0.4, -0.2) is 38.5 Å². The summed E-state index contributed by atoms with van der Waals surface area (Å²) < 4.78 is 23.3. The monoisotopic (exact) mass is 265 g/mol. The van der Waals surface area contributed by atoms with Gasteiger partial charge < -0.3 is 9.05 Å². The molecule has 2 radical (unpaired) electrons. The predicted octanol–water partition coefficient (Wildman–Crippen LogP) is 3.74. The van der Waals surface area contributed by atoms with Crippen LogP contribution < -0.4 is 0 Å². The summed E-state index contributed by atoms with van der Waals surface area (Å²) in [6, 6.07) is 0. The largest absolute Gasteiger partial charge is 0.368 e. The molecule has 0 amide bonds. The summed E-state index contributed by atoms with van der Waals surface area (Å²) in [4.78, 5) is 0. The van der Waals surface area contributed by atoms with E-state index in [1.165, 1.54) is 0 Å². The van der Waals surface area contributed by atoms with E-state index < -0.39 is 14.7 Å². The highest BCUT2D eigenvalue weighted by molar-refractivity contribution is 8.02. The van der Waals surface area contributed by atoms with E-state index in [9.17, 15) is 4.57 Å². The lowest BCUT2D eigenvalue weighted by Crippen LogP contribution is -2.18. The van der Waals surface area contributed by atoms with Gasteiger partial charge in [-0.15, -0.1) is 0 Å². The second kappa shape index (κ2) is 7.16. The number of rotatable bonds is 8. The first kappa shape index (κ1) is 16.6. The van der Waals surface area contributed by atoms with E-state index in [0.29, 0.717) is 13.2 Å². The molecule has 6 heteroatoms. The van der Waals surface area contributed by atoms with Gasteiger partial charge in [-0.1, -0.05) is 0 Å². The maximum absolute atomic E-state index is 12.6. The van der Waals surface area contributed by atoms with Gasteiger partial charge in [-0.3, -0.25) is 4.57 Å². The third-order valence-electron chi connectivity index (χ3n) is 3.00. The van der Waals surface area contributed by atoms with E-state index >= 15 is 0 Å². The molecule has 3 nitrogen and oxygen atoms in total. The van der Waals surface area contributed by atoms with Crippen molar-refractivity contribution in [2.75, 3.05) is 25.5 Å². The van der Waals surface area contributed by atoms with Gasteiger partial charge in [0.15, 0.2) is 5.40 Å². The van der Waals surface area contributed by atoms with Gasteiger partial charge in [0.2, 0.25) is 0 Å². The Bertz CT molecular complexity index is 234. The fourth-order valence-electron chi connectivity index (χ4n) is 1.65. The molecule has 0 aliphatic rings. The Labute approximate surface area is 102 Å². The van der Waals surface area contributed by atoms with Crippen molar-refractivity contribution in [3.63, 3.8) is 0 Å². The molecule has 0 rings (SSSR count). The number of hydrogen-bond acceptors (Lipinski definition) is 3. The van der Waals surface area contributed by atoms with Crippen LogP contribution in [0, 0.1) is 0 Å². The molecule has 16 heavy (non-hydrogen) atoms. The summed E-state index contributed by atoms with van der Waals surface area (Å²) in [6.45, 7) is 10.5. The Morgan fingerprint density at radius 2 is 1.50 bits per heavy atom. The van der Waals surface area contributed by atoms with Crippen LogP contribution in [0.4, 0.5) is 0 Å². The van der Waals surface area contributed by atoms with Crippen molar-refractivity contribution in [2.45, 2.75) is 40.0 Å². The lowest BCUT2D eigenvalue weighted by Gasteiger charge is -2.32. The maximum Gasteiger partial charge on any atom is 0.368 e. The van der Waals surface area contributed by atoms with Gasteiger partial charge in [0.05, 0.1) is 13.2 Å². The first-order valence-electron chi connectivity index (χ1n) is 5.94. The highest BCUT2D eigenvalue weighted by Gasteiger charge is 2.48. The molecule has 0 spiro atoms. The second-order valence-electron chi connectivity index (χ2n) is 3.74. The first-order chi connectivity index (χ1) is 7.40. The molecule has 1 unspecified atom stereocenters. The molecule has 0 bridgehead atoms. The van der Waals surface area contributed by atoms with Crippen LogP contribution in [0.5, 0.6) is 0 Å². The third kappa shape index (κ3) is 3.84. The molecule has 0 heterocycles. The predicted molar refractivity (Wildman–Crippen MR) is 74.1 cm³/mol. The first-order valence-corrected chi connectivity index (χ1v) is 9.85. The van der Waals surface area contributed by atoms with Crippen molar-refractivity contribution in [2.24, 2.45) is 0 Å². The quantitative estimate of drug-likeness (QED) is 0.495. The highest BCUT2D eigenvalue weighted by atomic mass is 31.2. The fraction of sp³-hybridized carbons (Fsp3) is 1.00. The summed E-state index contributed by atoms with van der Waals surface area (Å²) in [5, 5.41) is -0.171. The second-order valence-corrected chi connectivity index (χ2v) is 10.8. The minimum absolute atomic E-state index is 0.171. The van der Waals surface area contributed by atoms with E-state index in [0.717, 1.165) is 12.3 Å². The zero-order chi connectivity index (χ0) is 12.8. The minimum atomic E-state index is -3.04. The van der Waals surface area contributed by atoms with Crippen molar-refractivity contribution < 1.29 is 13.6 Å². The van der Waals surface area contributed by atoms with E-state index in [1.54, 1.807) is 0 Å². The van der Waals surface area contributed by atoms with Crippen LogP contribution in [0.3, 0.4) is 0 Å². The number of hydrogen-bond donors (Lipinski definition) is 0. The molecule has 0 aromatic carbocycles. The van der Waals surface area contributed by atoms with Gasteiger partial charge in [-0.25, -0.2) is 0 Å². The summed E-state index contributed by atoms with van der Waals surface area (Å²) in [7, 11) is 1.61. The van der Waals surface area contributed by atoms with E-state index in [4.69, 9.17) is 16.6 Å². The lowest BCUT2D eigenvalue weighted by molar-refractivity contribution is 0.219. The molecule has 0 N–H and O–H groups in total.